The number of carbonyl (C=O) groups is 2. The van der Waals surface area contributed by atoms with Crippen LogP contribution in [0.1, 0.15) is 5.56 Å². The van der Waals surface area contributed by atoms with Crippen LogP contribution in [0.15, 0.2) is 58.6 Å². The Morgan fingerprint density at radius 1 is 1.35 bits per heavy atom. The van der Waals surface area contributed by atoms with Crippen molar-refractivity contribution in [3.63, 3.8) is 0 Å². The topological polar surface area (TPSA) is 72.7 Å². The van der Waals surface area contributed by atoms with Crippen LogP contribution >= 0.6 is 11.8 Å². The summed E-state index contributed by atoms with van der Waals surface area (Å²) in [6.07, 6.45) is 1.76. The van der Waals surface area contributed by atoms with E-state index in [2.05, 4.69) is 10.3 Å². The Morgan fingerprint density at radius 2 is 2.17 bits per heavy atom. The molecule has 0 radical (unpaired) electrons. The van der Waals surface area contributed by atoms with Crippen molar-refractivity contribution in [1.82, 2.24) is 4.68 Å². The Balaban J connectivity index is 1.54. The molecule has 3 rings (SSSR count). The molecule has 0 saturated heterocycles. The standard InChI is InChI=1S/C15H14BN3O3S/c20-14-12(10-23-13-7-4-8-19(13)18-14)17-16-15(21)22-9-11-5-2-1-3-6-11/h1-8,12H,9-10H2,(H,18,20)/t12-/m0/s1. The molecule has 2 heterocycles. The van der Waals surface area contributed by atoms with Crippen molar-refractivity contribution in [2.24, 2.45) is 4.90 Å². The van der Waals surface area contributed by atoms with Gasteiger partial charge in [-0.05, 0) is 0 Å². The third-order valence-electron chi connectivity index (χ3n) is 3.22. The molecular weight excluding hydrogens is 313 g/mol. The van der Waals surface area contributed by atoms with Gasteiger partial charge in [-0.2, -0.15) is 0 Å². The summed E-state index contributed by atoms with van der Waals surface area (Å²) < 4.78 is 6.75. The van der Waals surface area contributed by atoms with Crippen LogP contribution in [-0.4, -0.2) is 35.3 Å². The van der Waals surface area contributed by atoms with E-state index in [0.717, 1.165) is 17.7 Å². The number of thioether (sulfide) groups is 1. The van der Waals surface area contributed by atoms with Crippen molar-refractivity contribution in [1.29, 1.82) is 0 Å². The van der Waals surface area contributed by atoms with Crippen molar-refractivity contribution < 1.29 is 14.3 Å². The van der Waals surface area contributed by atoms with Crippen LogP contribution in [-0.2, 0) is 16.1 Å². The van der Waals surface area contributed by atoms with Crippen LogP contribution in [0.5, 0.6) is 0 Å². The number of nitrogens with zero attached hydrogens (tertiary/aromatic N) is 2. The Morgan fingerprint density at radius 3 is 3.00 bits per heavy atom. The fraction of sp³-hybridized carbons (Fsp3) is 0.200. The molecule has 0 fully saturated rings. The number of amides is 1. The van der Waals surface area contributed by atoms with Crippen molar-refractivity contribution in [2.75, 3.05) is 11.2 Å². The Kier molecular flexibility index (Phi) is 4.92. The molecule has 1 amide bonds. The van der Waals surface area contributed by atoms with Gasteiger partial charge in [-0.15, -0.1) is 0 Å². The molecule has 0 spiro atoms. The molecule has 1 aliphatic rings. The van der Waals surface area contributed by atoms with E-state index < -0.39 is 11.9 Å². The number of nitrogens with one attached hydrogen (secondary N) is 1. The van der Waals surface area contributed by atoms with E-state index in [1.54, 1.807) is 10.9 Å². The number of aromatic nitrogens is 1. The molecular formula is C15H14BN3O3S. The zero-order valence-corrected chi connectivity index (χ0v) is 13.0. The second-order valence-corrected chi connectivity index (χ2v) is 5.93. The Labute approximate surface area is 138 Å². The van der Waals surface area contributed by atoms with Gasteiger partial charge in [-0.25, -0.2) is 0 Å². The molecule has 1 atom stereocenters. The number of hydrogen-bond donors (Lipinski definition) is 1. The van der Waals surface area contributed by atoms with Gasteiger partial charge in [0.2, 0.25) is 0 Å². The van der Waals surface area contributed by atoms with Crippen molar-refractivity contribution in [2.45, 2.75) is 17.7 Å². The zero-order chi connectivity index (χ0) is 16.1. The second kappa shape index (κ2) is 7.28. The predicted molar refractivity (Wildman–Crippen MR) is 88.1 cm³/mol. The monoisotopic (exact) mass is 327 g/mol. The summed E-state index contributed by atoms with van der Waals surface area (Å²) in [5, 5.41) is 0.933. The molecule has 6 nitrogen and oxygen atoms in total. The minimum absolute atomic E-state index is 0.183. The average Bonchev–Trinajstić information content (AvgIpc) is 2.95. The quantitative estimate of drug-likeness (QED) is 0.874. The molecule has 2 aromatic rings. The minimum atomic E-state index is -0.621. The van der Waals surface area contributed by atoms with E-state index in [4.69, 9.17) is 4.74 Å². The first-order valence-electron chi connectivity index (χ1n) is 7.07. The van der Waals surface area contributed by atoms with Gasteiger partial charge in [0.25, 0.3) is 0 Å². The summed E-state index contributed by atoms with van der Waals surface area (Å²) >= 11 is 1.50. The summed E-state index contributed by atoms with van der Waals surface area (Å²) in [7, 11) is 1.08. The normalized spacial score (nSPS) is 17.0. The number of ether oxygens (including phenoxy) is 1. The fourth-order valence-electron chi connectivity index (χ4n) is 2.04. The first-order chi connectivity index (χ1) is 11.2. The van der Waals surface area contributed by atoms with Gasteiger partial charge >= 0.3 is 138 Å². The van der Waals surface area contributed by atoms with E-state index >= 15 is 0 Å². The molecule has 1 aliphatic heterocycles. The average molecular weight is 327 g/mol. The maximum absolute atomic E-state index is 12.1. The van der Waals surface area contributed by atoms with E-state index in [1.807, 2.05) is 42.5 Å². The van der Waals surface area contributed by atoms with Gasteiger partial charge < -0.3 is 0 Å². The van der Waals surface area contributed by atoms with Crippen LogP contribution in [0.3, 0.4) is 0 Å². The molecule has 0 aliphatic carbocycles. The summed E-state index contributed by atoms with van der Waals surface area (Å²) in [6, 6.07) is 12.5. The van der Waals surface area contributed by atoms with E-state index in [1.165, 1.54) is 11.8 Å². The summed E-state index contributed by atoms with van der Waals surface area (Å²) in [5.41, 5.74) is 3.62. The van der Waals surface area contributed by atoms with Crippen molar-refractivity contribution in [3.05, 3.63) is 54.2 Å². The SMILES string of the molecule is O=C(B=N[C@H]1CSc2cccn2NC1=O)OCc1ccccc1. The third kappa shape index (κ3) is 4.10. The number of hydrogen-bond acceptors (Lipinski definition) is 5. The second-order valence-electron chi connectivity index (χ2n) is 4.89. The molecule has 0 unspecified atom stereocenters. The van der Waals surface area contributed by atoms with Crippen LogP contribution in [0, 0.1) is 0 Å². The van der Waals surface area contributed by atoms with E-state index in [0.29, 0.717) is 5.75 Å². The third-order valence-corrected chi connectivity index (χ3v) is 4.33. The van der Waals surface area contributed by atoms with Gasteiger partial charge in [0.1, 0.15) is 0 Å². The van der Waals surface area contributed by atoms with Gasteiger partial charge in [0.05, 0.1) is 0 Å². The number of rotatable bonds is 4. The predicted octanol–water partition coefficient (Wildman–Crippen LogP) is 2.26. The van der Waals surface area contributed by atoms with Crippen molar-refractivity contribution in [3.8, 4) is 0 Å². The molecule has 0 saturated carbocycles. The first kappa shape index (κ1) is 15.5. The number of fused-ring (bicyclic) bond motifs is 1. The van der Waals surface area contributed by atoms with Crippen LogP contribution in [0.25, 0.3) is 0 Å². The zero-order valence-electron chi connectivity index (χ0n) is 12.2. The Bertz CT molecular complexity index is 733. The maximum atomic E-state index is 12.1. The molecule has 1 N–H and O–H groups in total. The summed E-state index contributed by atoms with van der Waals surface area (Å²) in [4.78, 5) is 27.8. The van der Waals surface area contributed by atoms with Gasteiger partial charge in [0, 0.05) is 0 Å². The van der Waals surface area contributed by atoms with Gasteiger partial charge in [-0.3, -0.25) is 0 Å². The van der Waals surface area contributed by atoms with Crippen molar-refractivity contribution >= 4 is 30.6 Å². The number of benzene rings is 1. The van der Waals surface area contributed by atoms with Gasteiger partial charge in [0.15, 0.2) is 0 Å². The first-order valence-corrected chi connectivity index (χ1v) is 8.06. The van der Waals surface area contributed by atoms with E-state index in [9.17, 15) is 9.59 Å². The molecule has 1 aromatic carbocycles. The molecule has 1 aromatic heterocycles. The molecule has 8 heteroatoms. The van der Waals surface area contributed by atoms with E-state index in [-0.39, 0.29) is 12.5 Å². The molecule has 23 heavy (non-hydrogen) atoms. The summed E-state index contributed by atoms with van der Waals surface area (Å²) in [6.45, 7) is 0.183. The summed E-state index contributed by atoms with van der Waals surface area (Å²) in [5.74, 6) is -0.340. The van der Waals surface area contributed by atoms with Crippen LogP contribution in [0.4, 0.5) is 4.79 Å². The van der Waals surface area contributed by atoms with Crippen LogP contribution in [0.2, 0.25) is 0 Å². The fourth-order valence-corrected chi connectivity index (χ4v) is 3.02. The van der Waals surface area contributed by atoms with Crippen LogP contribution < -0.4 is 5.43 Å². The Hall–Kier alpha value is -2.35. The molecule has 116 valence electrons. The van der Waals surface area contributed by atoms with Gasteiger partial charge in [-0.1, -0.05) is 0 Å². The number of carbonyl (C=O) groups excluding carboxylic acids is 2. The molecule has 0 bridgehead atoms.